The van der Waals surface area contributed by atoms with E-state index in [9.17, 15) is 0 Å². The van der Waals surface area contributed by atoms with Gasteiger partial charge in [-0.3, -0.25) is 4.90 Å². The first kappa shape index (κ1) is 13.4. The summed E-state index contributed by atoms with van der Waals surface area (Å²) >= 11 is 3.88. The van der Waals surface area contributed by atoms with Crippen molar-refractivity contribution in [3.8, 4) is 0 Å². The van der Waals surface area contributed by atoms with Gasteiger partial charge >= 0.3 is 0 Å². The zero-order valence-electron chi connectivity index (χ0n) is 10.5. The molecule has 1 saturated heterocycles. The van der Waals surface area contributed by atoms with E-state index in [0.29, 0.717) is 0 Å². The van der Waals surface area contributed by atoms with E-state index in [-0.39, 0.29) is 0 Å². The van der Waals surface area contributed by atoms with Crippen molar-refractivity contribution in [1.82, 2.24) is 10.2 Å². The van der Waals surface area contributed by atoms with Crippen molar-refractivity contribution in [2.75, 3.05) is 37.7 Å². The van der Waals surface area contributed by atoms with E-state index in [2.05, 4.69) is 45.7 Å². The van der Waals surface area contributed by atoms with Crippen LogP contribution in [0.4, 0.5) is 0 Å². The second kappa shape index (κ2) is 7.41. The number of thiophene rings is 1. The van der Waals surface area contributed by atoms with Gasteiger partial charge in [0, 0.05) is 37.2 Å². The summed E-state index contributed by atoms with van der Waals surface area (Å²) in [6, 6.07) is 2.98. The molecular formula is C13H22N2S2. The molecule has 1 aliphatic rings. The molecule has 1 aliphatic heterocycles. The molecule has 1 aromatic rings. The monoisotopic (exact) mass is 270 g/mol. The molecule has 2 heterocycles. The van der Waals surface area contributed by atoms with Crippen LogP contribution in [0.15, 0.2) is 16.8 Å². The summed E-state index contributed by atoms with van der Waals surface area (Å²) in [5, 5.41) is 7.94. The van der Waals surface area contributed by atoms with Crippen molar-refractivity contribution in [3.63, 3.8) is 0 Å². The fraction of sp³-hybridized carbons (Fsp3) is 0.692. The predicted molar refractivity (Wildman–Crippen MR) is 79.3 cm³/mol. The van der Waals surface area contributed by atoms with Crippen LogP contribution < -0.4 is 5.32 Å². The number of thioether (sulfide) groups is 1. The summed E-state index contributed by atoms with van der Waals surface area (Å²) < 4.78 is 0. The van der Waals surface area contributed by atoms with E-state index in [0.717, 1.165) is 25.6 Å². The highest BCUT2D eigenvalue weighted by molar-refractivity contribution is 7.99. The zero-order valence-corrected chi connectivity index (χ0v) is 12.2. The van der Waals surface area contributed by atoms with E-state index in [4.69, 9.17) is 0 Å². The maximum Gasteiger partial charge on any atom is 0.0158 e. The van der Waals surface area contributed by atoms with Crippen molar-refractivity contribution in [3.05, 3.63) is 22.4 Å². The first-order valence-electron chi connectivity index (χ1n) is 6.40. The third-order valence-electron chi connectivity index (χ3n) is 3.25. The third kappa shape index (κ3) is 4.62. The number of nitrogens with one attached hydrogen (secondary N) is 1. The number of hydrogen-bond donors (Lipinski definition) is 1. The van der Waals surface area contributed by atoms with Crippen molar-refractivity contribution < 1.29 is 0 Å². The van der Waals surface area contributed by atoms with Crippen LogP contribution in [-0.2, 0) is 6.42 Å². The highest BCUT2D eigenvalue weighted by atomic mass is 32.2. The Morgan fingerprint density at radius 3 is 3.18 bits per heavy atom. The first-order valence-corrected chi connectivity index (χ1v) is 8.49. The lowest BCUT2D eigenvalue weighted by Crippen LogP contribution is -2.43. The summed E-state index contributed by atoms with van der Waals surface area (Å²) in [5.41, 5.74) is 1.46. The Balaban J connectivity index is 1.53. The number of hydrogen-bond acceptors (Lipinski definition) is 4. The zero-order chi connectivity index (χ0) is 11.9. The van der Waals surface area contributed by atoms with E-state index in [1.54, 1.807) is 11.3 Å². The Kier molecular flexibility index (Phi) is 5.85. The Bertz CT molecular complexity index is 300. The van der Waals surface area contributed by atoms with E-state index in [1.807, 2.05) is 0 Å². The smallest absolute Gasteiger partial charge is 0.0158 e. The first-order chi connectivity index (χ1) is 8.36. The molecule has 0 spiro atoms. The Labute approximate surface area is 113 Å². The number of rotatable bonds is 6. The third-order valence-corrected chi connectivity index (χ3v) is 5.17. The molecule has 4 heteroatoms. The molecule has 0 radical (unpaired) electrons. The highest BCUT2D eigenvalue weighted by Crippen LogP contribution is 2.14. The van der Waals surface area contributed by atoms with Crippen LogP contribution in [-0.4, -0.2) is 48.6 Å². The molecule has 2 nitrogen and oxygen atoms in total. The van der Waals surface area contributed by atoms with Gasteiger partial charge < -0.3 is 5.32 Å². The molecule has 0 aliphatic carbocycles. The molecule has 2 rings (SSSR count). The average Bonchev–Trinajstić information content (AvgIpc) is 2.84. The minimum absolute atomic E-state index is 0.757. The van der Waals surface area contributed by atoms with Crippen LogP contribution in [0, 0.1) is 0 Å². The molecule has 1 aromatic heterocycles. The van der Waals surface area contributed by atoms with E-state index < -0.39 is 0 Å². The summed E-state index contributed by atoms with van der Waals surface area (Å²) in [6.45, 7) is 7.04. The van der Waals surface area contributed by atoms with Gasteiger partial charge in [-0.05, 0) is 42.3 Å². The second-order valence-electron chi connectivity index (χ2n) is 4.59. The van der Waals surface area contributed by atoms with Crippen LogP contribution >= 0.6 is 23.1 Å². The van der Waals surface area contributed by atoms with Crippen molar-refractivity contribution in [2.24, 2.45) is 0 Å². The van der Waals surface area contributed by atoms with Gasteiger partial charge in [-0.1, -0.05) is 0 Å². The normalized spacial score (nSPS) is 21.8. The Morgan fingerprint density at radius 2 is 2.41 bits per heavy atom. The minimum atomic E-state index is 0.757. The molecule has 0 aromatic carbocycles. The second-order valence-corrected chi connectivity index (χ2v) is 6.52. The van der Waals surface area contributed by atoms with Crippen molar-refractivity contribution >= 4 is 23.1 Å². The van der Waals surface area contributed by atoms with Gasteiger partial charge in [-0.25, -0.2) is 0 Å². The lowest BCUT2D eigenvalue weighted by molar-refractivity contribution is 0.233. The average molecular weight is 270 g/mol. The van der Waals surface area contributed by atoms with Gasteiger partial charge in [0.2, 0.25) is 0 Å². The van der Waals surface area contributed by atoms with Crippen LogP contribution in [0.5, 0.6) is 0 Å². The van der Waals surface area contributed by atoms with Crippen LogP contribution in [0.3, 0.4) is 0 Å². The molecule has 0 bridgehead atoms. The predicted octanol–water partition coefficient (Wildman–Crippen LogP) is 2.32. The van der Waals surface area contributed by atoms with Gasteiger partial charge in [-0.15, -0.1) is 0 Å². The molecular weight excluding hydrogens is 248 g/mol. The molecule has 1 N–H and O–H groups in total. The SMILES string of the molecule is CC1CSCCN1CCNCCc1ccsc1. The van der Waals surface area contributed by atoms with Crippen LogP contribution in [0.25, 0.3) is 0 Å². The lowest BCUT2D eigenvalue weighted by atomic mass is 10.2. The summed E-state index contributed by atoms with van der Waals surface area (Å²) in [6.07, 6.45) is 1.16. The van der Waals surface area contributed by atoms with Crippen LogP contribution in [0.1, 0.15) is 12.5 Å². The van der Waals surface area contributed by atoms with Gasteiger partial charge in [0.15, 0.2) is 0 Å². The molecule has 1 atom stereocenters. The summed E-state index contributed by atoms with van der Waals surface area (Å²) in [4.78, 5) is 2.61. The van der Waals surface area contributed by atoms with Crippen LogP contribution in [0.2, 0.25) is 0 Å². The van der Waals surface area contributed by atoms with E-state index >= 15 is 0 Å². The van der Waals surface area contributed by atoms with Gasteiger partial charge in [0.25, 0.3) is 0 Å². The largest absolute Gasteiger partial charge is 0.315 e. The van der Waals surface area contributed by atoms with E-state index in [1.165, 1.54) is 30.2 Å². The van der Waals surface area contributed by atoms with Crippen molar-refractivity contribution in [2.45, 2.75) is 19.4 Å². The fourth-order valence-corrected chi connectivity index (χ4v) is 3.89. The molecule has 0 saturated carbocycles. The maximum atomic E-state index is 3.55. The lowest BCUT2D eigenvalue weighted by Gasteiger charge is -2.32. The quantitative estimate of drug-likeness (QED) is 0.799. The van der Waals surface area contributed by atoms with Crippen molar-refractivity contribution in [1.29, 1.82) is 0 Å². The maximum absolute atomic E-state index is 3.55. The molecule has 17 heavy (non-hydrogen) atoms. The van der Waals surface area contributed by atoms with Gasteiger partial charge in [0.05, 0.1) is 0 Å². The fourth-order valence-electron chi connectivity index (χ4n) is 2.11. The summed E-state index contributed by atoms with van der Waals surface area (Å²) in [7, 11) is 0. The molecule has 1 fully saturated rings. The number of nitrogens with zero attached hydrogens (tertiary/aromatic N) is 1. The molecule has 0 amide bonds. The van der Waals surface area contributed by atoms with Gasteiger partial charge in [-0.2, -0.15) is 23.1 Å². The topological polar surface area (TPSA) is 15.3 Å². The standard InChI is InChI=1S/C13H22N2S2/c1-12-10-17-9-7-15(12)6-5-14-4-2-13-3-8-16-11-13/h3,8,11-12,14H,2,4-7,9-10H2,1H3. The minimum Gasteiger partial charge on any atom is -0.315 e. The Morgan fingerprint density at radius 1 is 1.47 bits per heavy atom. The molecule has 1 unspecified atom stereocenters. The summed E-state index contributed by atoms with van der Waals surface area (Å²) in [5.74, 6) is 2.61. The Hall–Kier alpha value is -0.0300. The highest BCUT2D eigenvalue weighted by Gasteiger charge is 2.17. The molecule has 96 valence electrons. The van der Waals surface area contributed by atoms with Gasteiger partial charge in [0.1, 0.15) is 0 Å².